The number of nitrogens with zero attached hydrogens (tertiary/aromatic N) is 5. The van der Waals surface area contributed by atoms with Crippen molar-refractivity contribution in [2.45, 2.75) is 52.6 Å². The summed E-state index contributed by atoms with van der Waals surface area (Å²) in [7, 11) is -3.50. The third-order valence-electron chi connectivity index (χ3n) is 8.07. The Hall–Kier alpha value is -3.48. The van der Waals surface area contributed by atoms with E-state index in [1.165, 1.54) is 12.1 Å². The number of fused-ring (bicyclic) bond motifs is 1. The summed E-state index contributed by atoms with van der Waals surface area (Å²) in [5.74, 6) is 0.360. The fraction of sp³-hybridized carbons (Fsp3) is 0.344. The van der Waals surface area contributed by atoms with E-state index < -0.39 is 13.3 Å². The van der Waals surface area contributed by atoms with Gasteiger partial charge in [-0.05, 0) is 62.1 Å². The van der Waals surface area contributed by atoms with E-state index in [4.69, 9.17) is 21.3 Å². The molecule has 0 saturated carbocycles. The number of aromatic nitrogens is 1. The van der Waals surface area contributed by atoms with E-state index >= 15 is 4.39 Å². The Balaban J connectivity index is 1.76. The number of halogens is 2. The van der Waals surface area contributed by atoms with Crippen LogP contribution in [-0.2, 0) is 22.2 Å². The van der Waals surface area contributed by atoms with Gasteiger partial charge in [-0.3, -0.25) is 14.0 Å². The zero-order valence-electron chi connectivity index (χ0n) is 24.6. The minimum absolute atomic E-state index is 0.130. The number of para-hydroxylation sites is 1. The molecule has 1 aromatic heterocycles. The third-order valence-corrected chi connectivity index (χ3v) is 10.1. The SMILES string of the molecule is C=CC(=O)N1C[C@H](C)N(C2=N[P@@](C)(=O)N(c3c(CC)cccc3CC)c3nc(-c4ccccc4F)c(Cl)cc32)C[C@H]1C. The number of pyridine rings is 1. The van der Waals surface area contributed by atoms with E-state index in [2.05, 4.69) is 25.3 Å². The molecule has 1 amide bonds. The van der Waals surface area contributed by atoms with Gasteiger partial charge in [-0.2, -0.15) is 4.76 Å². The summed E-state index contributed by atoms with van der Waals surface area (Å²) < 4.78 is 36.6. The number of benzene rings is 2. The molecule has 2 aromatic carbocycles. The van der Waals surface area contributed by atoms with Crippen molar-refractivity contribution in [1.29, 1.82) is 0 Å². The second kappa shape index (κ2) is 11.7. The quantitative estimate of drug-likeness (QED) is 0.222. The Bertz CT molecular complexity index is 1620. The molecule has 1 fully saturated rings. The molecule has 1 saturated heterocycles. The number of piperazine rings is 1. The maximum atomic E-state index is 15.1. The van der Waals surface area contributed by atoms with Gasteiger partial charge in [0.05, 0.1) is 22.0 Å². The Labute approximate surface area is 252 Å². The molecule has 10 heteroatoms. The largest absolute Gasteiger partial charge is 0.349 e. The molecule has 5 rings (SSSR count). The van der Waals surface area contributed by atoms with Crippen LogP contribution in [0.15, 0.2) is 65.9 Å². The molecule has 3 atom stereocenters. The number of carbonyl (C=O) groups is 1. The lowest BCUT2D eigenvalue weighted by Crippen LogP contribution is -2.59. The lowest BCUT2D eigenvalue weighted by atomic mass is 10.0. The fourth-order valence-corrected chi connectivity index (χ4v) is 7.98. The molecular weight excluding hydrogens is 572 g/mol. The van der Waals surface area contributed by atoms with Crippen LogP contribution in [0, 0.1) is 5.82 Å². The lowest BCUT2D eigenvalue weighted by Gasteiger charge is -2.47. The van der Waals surface area contributed by atoms with Gasteiger partial charge in [-0.1, -0.05) is 62.4 Å². The first-order valence-corrected chi connectivity index (χ1v) is 16.7. The van der Waals surface area contributed by atoms with Crippen LogP contribution < -0.4 is 4.67 Å². The molecule has 0 N–H and O–H groups in total. The molecular formula is C32H36ClFN5O2P. The van der Waals surface area contributed by atoms with Gasteiger partial charge in [0.2, 0.25) is 5.91 Å². The first kappa shape index (κ1) is 30.0. The lowest BCUT2D eigenvalue weighted by molar-refractivity contribution is -0.130. The third kappa shape index (κ3) is 5.16. The monoisotopic (exact) mass is 607 g/mol. The van der Waals surface area contributed by atoms with Gasteiger partial charge in [0.1, 0.15) is 11.7 Å². The van der Waals surface area contributed by atoms with Crippen molar-refractivity contribution in [2.75, 3.05) is 24.4 Å². The smallest absolute Gasteiger partial charge is 0.285 e. The summed E-state index contributed by atoms with van der Waals surface area (Å²) in [4.78, 5) is 21.4. The predicted octanol–water partition coefficient (Wildman–Crippen LogP) is 7.49. The Morgan fingerprint density at radius 3 is 2.36 bits per heavy atom. The maximum absolute atomic E-state index is 15.1. The summed E-state index contributed by atoms with van der Waals surface area (Å²) in [6.07, 6.45) is 2.76. The average molecular weight is 608 g/mol. The zero-order chi connectivity index (χ0) is 30.3. The molecule has 7 nitrogen and oxygen atoms in total. The van der Waals surface area contributed by atoms with E-state index in [1.54, 1.807) is 40.5 Å². The van der Waals surface area contributed by atoms with Crippen LogP contribution in [0.2, 0.25) is 5.02 Å². The van der Waals surface area contributed by atoms with Crippen molar-refractivity contribution in [3.05, 3.63) is 88.7 Å². The topological polar surface area (TPSA) is 69.1 Å². The first-order chi connectivity index (χ1) is 20.0. The molecule has 0 bridgehead atoms. The number of hydrogen-bond donors (Lipinski definition) is 0. The van der Waals surface area contributed by atoms with Crippen LogP contribution >= 0.6 is 19.0 Å². The van der Waals surface area contributed by atoms with Gasteiger partial charge in [0.15, 0.2) is 5.82 Å². The van der Waals surface area contributed by atoms with Gasteiger partial charge < -0.3 is 9.80 Å². The molecule has 220 valence electrons. The molecule has 0 radical (unpaired) electrons. The normalized spacial score (nSPS) is 22.1. The highest BCUT2D eigenvalue weighted by molar-refractivity contribution is 7.64. The van der Waals surface area contributed by atoms with Crippen molar-refractivity contribution in [3.8, 4) is 11.3 Å². The van der Waals surface area contributed by atoms with Crippen molar-refractivity contribution < 1.29 is 13.8 Å². The predicted molar refractivity (Wildman–Crippen MR) is 170 cm³/mol. The van der Waals surface area contributed by atoms with Crippen LogP contribution in [0.3, 0.4) is 0 Å². The van der Waals surface area contributed by atoms with Gasteiger partial charge in [-0.15, -0.1) is 0 Å². The fourth-order valence-electron chi connectivity index (χ4n) is 5.93. The van der Waals surface area contributed by atoms with Crippen LogP contribution in [0.4, 0.5) is 15.9 Å². The number of aryl methyl sites for hydroxylation is 2. The second-order valence-electron chi connectivity index (χ2n) is 10.9. The van der Waals surface area contributed by atoms with E-state index in [-0.39, 0.29) is 34.3 Å². The molecule has 2 aliphatic heterocycles. The van der Waals surface area contributed by atoms with Gasteiger partial charge >= 0.3 is 0 Å². The number of amidine groups is 1. The van der Waals surface area contributed by atoms with E-state index in [1.807, 2.05) is 32.0 Å². The Morgan fingerprint density at radius 2 is 1.74 bits per heavy atom. The summed E-state index contributed by atoms with van der Waals surface area (Å²) in [6, 6.07) is 13.9. The molecule has 3 heterocycles. The van der Waals surface area contributed by atoms with Crippen molar-refractivity contribution in [2.24, 2.45) is 4.76 Å². The summed E-state index contributed by atoms with van der Waals surface area (Å²) in [5.41, 5.74) is 4.00. The average Bonchev–Trinajstić information content (AvgIpc) is 2.97. The zero-order valence-corrected chi connectivity index (χ0v) is 26.3. The van der Waals surface area contributed by atoms with E-state index in [9.17, 15) is 9.36 Å². The first-order valence-electron chi connectivity index (χ1n) is 14.3. The molecule has 42 heavy (non-hydrogen) atoms. The summed E-state index contributed by atoms with van der Waals surface area (Å²) in [6.45, 7) is 14.3. The number of anilines is 2. The number of hydrogen-bond acceptors (Lipinski definition) is 4. The maximum Gasteiger partial charge on any atom is 0.285 e. The summed E-state index contributed by atoms with van der Waals surface area (Å²) in [5, 5.41) is 0.264. The molecule has 2 aliphatic rings. The second-order valence-corrected chi connectivity index (χ2v) is 13.6. The van der Waals surface area contributed by atoms with E-state index in [0.29, 0.717) is 43.1 Å². The van der Waals surface area contributed by atoms with E-state index in [0.717, 1.165) is 16.8 Å². The van der Waals surface area contributed by atoms with Crippen LogP contribution in [0.25, 0.3) is 11.3 Å². The minimum Gasteiger partial charge on any atom is -0.349 e. The Kier molecular flexibility index (Phi) is 8.32. The number of rotatable bonds is 5. The van der Waals surface area contributed by atoms with Gasteiger partial charge in [0, 0.05) is 37.4 Å². The van der Waals surface area contributed by atoms with Crippen LogP contribution in [0.5, 0.6) is 0 Å². The molecule has 0 aliphatic carbocycles. The van der Waals surface area contributed by atoms with Crippen LogP contribution in [-0.4, -0.2) is 58.4 Å². The van der Waals surface area contributed by atoms with Gasteiger partial charge in [-0.25, -0.2) is 9.37 Å². The molecule has 0 unspecified atom stereocenters. The van der Waals surface area contributed by atoms with Crippen molar-refractivity contribution in [1.82, 2.24) is 14.8 Å². The molecule has 0 spiro atoms. The summed E-state index contributed by atoms with van der Waals surface area (Å²) >= 11 is 6.85. The van der Waals surface area contributed by atoms with Crippen molar-refractivity contribution in [3.63, 3.8) is 0 Å². The highest BCUT2D eigenvalue weighted by atomic mass is 35.5. The van der Waals surface area contributed by atoms with Crippen LogP contribution in [0.1, 0.15) is 44.4 Å². The highest BCUT2D eigenvalue weighted by Crippen LogP contribution is 2.60. The standard InChI is InChI=1S/C32H36ClFN5O2P/c1-7-22-13-12-14-23(8-2)30(22)39-31-25(17-26(33)29(35-31)24-15-10-11-16-27(24)34)32(36-42(39,6)41)38-19-20(4)37(18-21(38)5)28(40)9-3/h9-17,20-21H,3,7-8,18-19H2,1-2,4-6H3/t20-,21+,42-/m1/s1. The Morgan fingerprint density at radius 1 is 1.07 bits per heavy atom. The number of carbonyl (C=O) groups excluding carboxylic acids is 1. The molecule has 3 aromatic rings. The van der Waals surface area contributed by atoms with Crippen molar-refractivity contribution >= 4 is 42.3 Å². The number of amides is 1. The highest BCUT2D eigenvalue weighted by Gasteiger charge is 2.42. The minimum atomic E-state index is -3.50. The van der Waals surface area contributed by atoms with Gasteiger partial charge in [0.25, 0.3) is 7.44 Å².